The zero-order chi connectivity index (χ0) is 15.2. The number of piperidine rings is 1. The smallest absolute Gasteiger partial charge is 0.214 e. The predicted molar refractivity (Wildman–Crippen MR) is 95.5 cm³/mol. The monoisotopic (exact) mass is 433 g/mol. The Labute approximate surface area is 147 Å². The summed E-state index contributed by atoms with van der Waals surface area (Å²) in [5, 5.41) is 5.79. The molecule has 0 saturated carbocycles. The number of nitrogens with zero attached hydrogens (tertiary/aromatic N) is 4. The molecule has 1 spiro atoms. The summed E-state index contributed by atoms with van der Waals surface area (Å²) < 4.78 is 8.94. The maximum absolute atomic E-state index is 5.94. The van der Waals surface area contributed by atoms with E-state index < -0.39 is 0 Å². The molecule has 0 aromatic carbocycles. The quantitative estimate of drug-likeness (QED) is 0.736. The van der Waals surface area contributed by atoms with Gasteiger partial charge in [0.2, 0.25) is 10.1 Å². The van der Waals surface area contributed by atoms with Crippen molar-refractivity contribution in [2.75, 3.05) is 31.1 Å². The minimum atomic E-state index is 0.275. The van der Waals surface area contributed by atoms with Crippen LogP contribution < -0.4 is 10.6 Å². The van der Waals surface area contributed by atoms with Crippen molar-refractivity contribution in [3.63, 3.8) is 0 Å². The summed E-state index contributed by atoms with van der Waals surface area (Å²) in [7, 11) is 0. The third kappa shape index (κ3) is 2.63. The van der Waals surface area contributed by atoms with Gasteiger partial charge in [-0.05, 0) is 53.7 Å². The zero-order valence-corrected chi connectivity index (χ0v) is 15.3. The molecule has 2 aromatic heterocycles. The summed E-state index contributed by atoms with van der Waals surface area (Å²) in [5.41, 5.74) is 6.08. The Morgan fingerprint density at radius 1 is 1.41 bits per heavy atom. The first-order valence-electron chi connectivity index (χ1n) is 7.76. The largest absolute Gasteiger partial charge is 0.376 e. The lowest BCUT2D eigenvalue weighted by Crippen LogP contribution is -2.46. The Kier molecular flexibility index (Phi) is 4.04. The first kappa shape index (κ1) is 15.1. The highest BCUT2D eigenvalue weighted by Crippen LogP contribution is 2.41. The van der Waals surface area contributed by atoms with Gasteiger partial charge in [0.1, 0.15) is 3.70 Å². The molecular weight excluding hydrogens is 413 g/mol. The zero-order valence-electron chi connectivity index (χ0n) is 12.4. The highest BCUT2D eigenvalue weighted by molar-refractivity contribution is 14.1. The number of imidazole rings is 1. The van der Waals surface area contributed by atoms with Gasteiger partial charge in [0.25, 0.3) is 0 Å². The molecule has 6 nitrogen and oxygen atoms in total. The minimum Gasteiger partial charge on any atom is -0.376 e. The van der Waals surface area contributed by atoms with Crippen LogP contribution in [0.15, 0.2) is 6.20 Å². The Bertz CT molecular complexity index is 653. The second-order valence-electron chi connectivity index (χ2n) is 6.35. The topological polar surface area (TPSA) is 68.7 Å². The van der Waals surface area contributed by atoms with E-state index in [9.17, 15) is 0 Å². The molecule has 2 saturated heterocycles. The molecule has 22 heavy (non-hydrogen) atoms. The Balaban J connectivity index is 1.43. The van der Waals surface area contributed by atoms with Crippen molar-refractivity contribution in [2.24, 2.45) is 11.1 Å². The van der Waals surface area contributed by atoms with Crippen molar-refractivity contribution in [3.05, 3.63) is 9.90 Å². The molecule has 2 aliphatic heterocycles. The molecule has 2 N–H and O–H groups in total. The normalized spacial score (nSPS) is 25.2. The average Bonchev–Trinajstić information content (AvgIpc) is 3.12. The van der Waals surface area contributed by atoms with Crippen LogP contribution in [-0.2, 0) is 4.74 Å². The van der Waals surface area contributed by atoms with Crippen LogP contribution in [0, 0.1) is 9.12 Å². The molecule has 120 valence electrons. The molecule has 4 heterocycles. The van der Waals surface area contributed by atoms with Gasteiger partial charge in [-0.2, -0.15) is 4.52 Å². The molecule has 8 heteroatoms. The van der Waals surface area contributed by atoms with E-state index in [1.807, 2.05) is 10.7 Å². The van der Waals surface area contributed by atoms with Gasteiger partial charge in [-0.25, -0.2) is 4.98 Å². The average molecular weight is 433 g/mol. The molecule has 0 radical (unpaired) electrons. The molecule has 0 bridgehead atoms. The van der Waals surface area contributed by atoms with Crippen LogP contribution in [-0.4, -0.2) is 46.9 Å². The molecule has 2 fully saturated rings. The molecule has 1 atom stereocenters. The number of rotatable bonds is 2. The summed E-state index contributed by atoms with van der Waals surface area (Å²) in [4.78, 5) is 7.76. The van der Waals surface area contributed by atoms with E-state index in [4.69, 9.17) is 15.6 Å². The maximum atomic E-state index is 5.94. The van der Waals surface area contributed by atoms with Crippen molar-refractivity contribution in [1.29, 1.82) is 0 Å². The maximum Gasteiger partial charge on any atom is 0.214 e. The van der Waals surface area contributed by atoms with Crippen molar-refractivity contribution >= 4 is 44.0 Å². The van der Waals surface area contributed by atoms with Gasteiger partial charge in [0.15, 0.2) is 0 Å². The number of halogens is 1. The summed E-state index contributed by atoms with van der Waals surface area (Å²) in [5.74, 6) is 0. The van der Waals surface area contributed by atoms with E-state index in [2.05, 4.69) is 32.5 Å². The van der Waals surface area contributed by atoms with Gasteiger partial charge in [-0.1, -0.05) is 11.3 Å². The molecule has 1 unspecified atom stereocenters. The first-order valence-corrected chi connectivity index (χ1v) is 9.65. The lowest BCUT2D eigenvalue weighted by molar-refractivity contribution is -0.0678. The highest BCUT2D eigenvalue weighted by Gasteiger charge is 2.39. The molecule has 2 aliphatic rings. The fraction of sp³-hybridized carbons (Fsp3) is 0.714. The van der Waals surface area contributed by atoms with Crippen LogP contribution >= 0.6 is 33.9 Å². The van der Waals surface area contributed by atoms with Crippen molar-refractivity contribution in [1.82, 2.24) is 14.6 Å². The standard InChI is InChI=1S/C14H20IN5OS/c15-11-8-17-12-20(11)18-13(22-12)19-5-3-14(4-6-19)2-1-10(7-16)21-9-14/h8,10H,1-7,9,16H2. The van der Waals surface area contributed by atoms with E-state index in [-0.39, 0.29) is 6.10 Å². The second kappa shape index (κ2) is 5.88. The number of nitrogens with two attached hydrogens (primary N) is 1. The molecular formula is C14H20IN5OS. The van der Waals surface area contributed by atoms with Gasteiger partial charge in [0, 0.05) is 19.6 Å². The summed E-state index contributed by atoms with van der Waals surface area (Å²) >= 11 is 3.95. The lowest BCUT2D eigenvalue weighted by atomic mass is 9.73. The SMILES string of the molecule is NCC1CCC2(CCN(c3nn4c(I)cnc4s3)CC2)CO1. The first-order chi connectivity index (χ1) is 10.7. The summed E-state index contributed by atoms with van der Waals surface area (Å²) in [6, 6.07) is 0. The van der Waals surface area contributed by atoms with E-state index in [0.29, 0.717) is 12.0 Å². The van der Waals surface area contributed by atoms with Gasteiger partial charge in [-0.3, -0.25) is 0 Å². The molecule has 0 aliphatic carbocycles. The number of hydrogen-bond acceptors (Lipinski definition) is 6. The van der Waals surface area contributed by atoms with E-state index in [1.165, 1.54) is 19.3 Å². The fourth-order valence-electron chi connectivity index (χ4n) is 3.45. The van der Waals surface area contributed by atoms with Gasteiger partial charge >= 0.3 is 0 Å². The van der Waals surface area contributed by atoms with Crippen LogP contribution in [0.25, 0.3) is 4.96 Å². The fourth-order valence-corrected chi connectivity index (χ4v) is 5.02. The third-order valence-corrected chi connectivity index (χ3v) is 6.73. The minimum absolute atomic E-state index is 0.275. The van der Waals surface area contributed by atoms with Gasteiger partial charge < -0.3 is 15.4 Å². The number of fused-ring (bicyclic) bond motifs is 1. The molecule has 0 amide bonds. The van der Waals surface area contributed by atoms with Crippen LogP contribution in [0.2, 0.25) is 0 Å². The predicted octanol–water partition coefficient (Wildman–Crippen LogP) is 2.12. The summed E-state index contributed by atoms with van der Waals surface area (Å²) in [6.07, 6.45) is 6.87. The van der Waals surface area contributed by atoms with E-state index in [1.54, 1.807) is 11.3 Å². The Morgan fingerprint density at radius 2 is 2.23 bits per heavy atom. The molecule has 4 rings (SSSR count). The van der Waals surface area contributed by atoms with E-state index in [0.717, 1.165) is 39.9 Å². The number of aromatic nitrogens is 3. The van der Waals surface area contributed by atoms with Crippen molar-refractivity contribution in [3.8, 4) is 0 Å². The van der Waals surface area contributed by atoms with Crippen LogP contribution in [0.5, 0.6) is 0 Å². The number of hydrogen-bond donors (Lipinski definition) is 1. The van der Waals surface area contributed by atoms with Crippen LogP contribution in [0.3, 0.4) is 0 Å². The number of anilines is 1. The Hall–Kier alpha value is -0.450. The van der Waals surface area contributed by atoms with Gasteiger partial charge in [0.05, 0.1) is 18.9 Å². The van der Waals surface area contributed by atoms with Crippen LogP contribution in [0.1, 0.15) is 25.7 Å². The van der Waals surface area contributed by atoms with Crippen molar-refractivity contribution < 1.29 is 4.74 Å². The lowest BCUT2D eigenvalue weighted by Gasteiger charge is -2.45. The second-order valence-corrected chi connectivity index (χ2v) is 8.39. The number of ether oxygens (including phenoxy) is 1. The van der Waals surface area contributed by atoms with Gasteiger partial charge in [-0.15, -0.1) is 5.10 Å². The van der Waals surface area contributed by atoms with Crippen LogP contribution in [0.4, 0.5) is 5.13 Å². The molecule has 2 aromatic rings. The van der Waals surface area contributed by atoms with E-state index >= 15 is 0 Å². The van der Waals surface area contributed by atoms with Crippen molar-refractivity contribution in [2.45, 2.75) is 31.8 Å². The highest BCUT2D eigenvalue weighted by atomic mass is 127. The summed E-state index contributed by atoms with van der Waals surface area (Å²) in [6.45, 7) is 3.65. The third-order valence-electron chi connectivity index (χ3n) is 5.01. The Morgan fingerprint density at radius 3 is 2.86 bits per heavy atom.